The van der Waals surface area contributed by atoms with E-state index in [0.717, 1.165) is 16.7 Å². The van der Waals surface area contributed by atoms with Gasteiger partial charge in [0.25, 0.3) is 0 Å². The maximum Gasteiger partial charge on any atom is 0.0630 e. The molecule has 0 aliphatic heterocycles. The van der Waals surface area contributed by atoms with Gasteiger partial charge >= 0.3 is 0 Å². The van der Waals surface area contributed by atoms with Crippen LogP contribution in [0.4, 0.5) is 0 Å². The largest absolute Gasteiger partial charge is 0.0761 e. The number of benzene rings is 9. The minimum Gasteiger partial charge on any atom is -0.0761 e. The molecule has 0 bridgehead atoms. The van der Waals surface area contributed by atoms with Crippen LogP contribution in [0.3, 0.4) is 0 Å². The Morgan fingerprint density at radius 2 is 0.982 bits per heavy atom. The molecule has 9 aromatic rings. The summed E-state index contributed by atoms with van der Waals surface area (Å²) in [6.45, 7) is 0. The Labute approximate surface area is 352 Å². The van der Waals surface area contributed by atoms with Gasteiger partial charge in [0, 0.05) is 11.8 Å². The van der Waals surface area contributed by atoms with Gasteiger partial charge in [-0.3, -0.25) is 0 Å². The first-order chi connectivity index (χ1) is 35.3. The van der Waals surface area contributed by atoms with Crippen LogP contribution < -0.4 is 0 Å². The van der Waals surface area contributed by atoms with E-state index < -0.39 is 96.4 Å². The third-order valence-electron chi connectivity index (χ3n) is 11.0. The van der Waals surface area contributed by atoms with Gasteiger partial charge in [0.1, 0.15) is 0 Å². The van der Waals surface area contributed by atoms with Crippen molar-refractivity contribution in [2.75, 3.05) is 0 Å². The number of hydrogen-bond donors (Lipinski definition) is 0. The molecule has 9 aromatic carbocycles. The molecule has 0 N–H and O–H groups in total. The van der Waals surface area contributed by atoms with Gasteiger partial charge in [0.05, 0.1) is 24.7 Å². The van der Waals surface area contributed by atoms with E-state index in [4.69, 9.17) is 13.7 Å². The Morgan fingerprint density at radius 3 is 1.77 bits per heavy atom. The molecule has 3 aliphatic rings. The normalized spacial score (nSPS) is 22.2. The Kier molecular flexibility index (Phi) is 4.06. The molecule has 0 saturated carbocycles. The maximum absolute atomic E-state index is 9.66. The van der Waals surface area contributed by atoms with Crippen molar-refractivity contribution in [3.05, 3.63) is 222 Å². The molecule has 3 aliphatic carbocycles. The molecule has 0 radical (unpaired) electrons. The Morgan fingerprint density at radius 1 is 0.411 bits per heavy atom. The van der Waals surface area contributed by atoms with Crippen molar-refractivity contribution in [2.45, 2.75) is 5.92 Å². The molecular formula is C56H36. The predicted octanol–water partition coefficient (Wildman–Crippen LogP) is 15.0. The third-order valence-corrected chi connectivity index (χ3v) is 11.0. The van der Waals surface area contributed by atoms with Crippen molar-refractivity contribution < 1.29 is 24.7 Å². The summed E-state index contributed by atoms with van der Waals surface area (Å²) in [4.78, 5) is 0. The summed E-state index contributed by atoms with van der Waals surface area (Å²) in [5, 5.41) is -0.418. The maximum atomic E-state index is 9.66. The molecule has 2 unspecified atom stereocenters. The topological polar surface area (TPSA) is 0 Å². The van der Waals surface area contributed by atoms with Crippen molar-refractivity contribution in [1.82, 2.24) is 0 Å². The lowest BCUT2D eigenvalue weighted by Gasteiger charge is -2.36. The zero-order valence-corrected chi connectivity index (χ0v) is 29.4. The van der Waals surface area contributed by atoms with Crippen LogP contribution in [-0.2, 0) is 0 Å². The predicted molar refractivity (Wildman–Crippen MR) is 239 cm³/mol. The van der Waals surface area contributed by atoms with Crippen LogP contribution in [0.1, 0.15) is 52.8 Å². The smallest absolute Gasteiger partial charge is 0.0630 e. The molecule has 0 spiro atoms. The highest BCUT2D eigenvalue weighted by Gasteiger charge is 2.34. The average molecular weight is 727 g/mol. The molecule has 12 rings (SSSR count). The highest BCUT2D eigenvalue weighted by molar-refractivity contribution is 6.25. The summed E-state index contributed by atoms with van der Waals surface area (Å²) in [5.41, 5.74) is 5.05. The van der Waals surface area contributed by atoms with Crippen LogP contribution in [0.25, 0.3) is 94.5 Å². The Balaban J connectivity index is 1.15. The molecule has 0 nitrogen and oxygen atoms in total. The van der Waals surface area contributed by atoms with E-state index >= 15 is 0 Å². The second-order valence-electron chi connectivity index (χ2n) is 14.1. The van der Waals surface area contributed by atoms with Crippen molar-refractivity contribution in [1.29, 1.82) is 0 Å². The van der Waals surface area contributed by atoms with Gasteiger partial charge in [0.15, 0.2) is 0 Å². The van der Waals surface area contributed by atoms with Gasteiger partial charge in [-0.25, -0.2) is 0 Å². The van der Waals surface area contributed by atoms with Gasteiger partial charge in [-0.2, -0.15) is 0 Å². The van der Waals surface area contributed by atoms with Crippen LogP contribution in [0.15, 0.2) is 199 Å². The number of hydrogen-bond acceptors (Lipinski definition) is 0. The molecule has 2 atom stereocenters. The zero-order chi connectivity index (χ0) is 52.4. The van der Waals surface area contributed by atoms with Crippen molar-refractivity contribution in [3.8, 4) is 44.5 Å². The average Bonchev–Trinajstić information content (AvgIpc) is 3.46. The van der Waals surface area contributed by atoms with E-state index in [1.165, 1.54) is 0 Å². The van der Waals surface area contributed by atoms with Gasteiger partial charge in [-0.15, -0.1) is 0 Å². The quantitative estimate of drug-likeness (QED) is 0.155. The summed E-state index contributed by atoms with van der Waals surface area (Å²) in [6.07, 6.45) is 0. The highest BCUT2D eigenvalue weighted by Crippen LogP contribution is 2.50. The molecule has 0 aromatic heterocycles. The van der Waals surface area contributed by atoms with Gasteiger partial charge in [-0.05, 0) is 141 Å². The minimum atomic E-state index is -1.23. The van der Waals surface area contributed by atoms with Gasteiger partial charge in [-0.1, -0.05) is 176 Å². The monoisotopic (exact) mass is 726 g/mol. The Hall–Kier alpha value is -7.02. The lowest BCUT2D eigenvalue weighted by molar-refractivity contribution is 0.667. The summed E-state index contributed by atoms with van der Waals surface area (Å²) in [5.74, 6) is -2.32. The van der Waals surface area contributed by atoms with Crippen LogP contribution in [0.2, 0.25) is 0 Å². The number of rotatable bonds is 5. The zero-order valence-electron chi connectivity index (χ0n) is 47.4. The lowest BCUT2D eigenvalue weighted by atomic mass is 9.67. The lowest BCUT2D eigenvalue weighted by Crippen LogP contribution is -2.21. The fourth-order valence-corrected chi connectivity index (χ4v) is 8.37. The van der Waals surface area contributed by atoms with Crippen molar-refractivity contribution in [2.24, 2.45) is 5.92 Å². The van der Waals surface area contributed by atoms with Crippen LogP contribution in [-0.4, -0.2) is 0 Å². The van der Waals surface area contributed by atoms with Crippen LogP contribution in [0.5, 0.6) is 0 Å². The molecule has 260 valence electrons. The van der Waals surface area contributed by atoms with E-state index in [0.29, 0.717) is 27.8 Å². The van der Waals surface area contributed by atoms with E-state index in [2.05, 4.69) is 0 Å². The molecule has 0 amide bonds. The first-order valence-electron chi connectivity index (χ1n) is 27.3. The first-order valence-corrected chi connectivity index (χ1v) is 18.3. The van der Waals surface area contributed by atoms with E-state index in [1.807, 2.05) is 60.7 Å². The molecule has 0 saturated heterocycles. The summed E-state index contributed by atoms with van der Waals surface area (Å²) >= 11 is 0. The second kappa shape index (κ2) is 12.2. The highest BCUT2D eigenvalue weighted by atomic mass is 14.4. The van der Waals surface area contributed by atoms with Crippen molar-refractivity contribution >= 4 is 50.0 Å². The fourth-order valence-electron chi connectivity index (χ4n) is 8.37. The fraction of sp³-hybridized carbons (Fsp3) is 0.0357. The van der Waals surface area contributed by atoms with Gasteiger partial charge in [0.2, 0.25) is 0 Å². The van der Waals surface area contributed by atoms with E-state index in [-0.39, 0.29) is 89.9 Å². The third kappa shape index (κ3) is 4.86. The second-order valence-corrected chi connectivity index (χ2v) is 14.1. The van der Waals surface area contributed by atoms with E-state index in [9.17, 15) is 11.0 Å². The molecule has 56 heavy (non-hydrogen) atoms. The number of allylic oxidation sites excluding steroid dienone is 6. The molecule has 0 heteroatoms. The van der Waals surface area contributed by atoms with E-state index in [1.54, 1.807) is 36.4 Å². The Bertz CT molecular complexity index is 4200. The summed E-state index contributed by atoms with van der Waals surface area (Å²) in [6, 6.07) is 21.7. The summed E-state index contributed by atoms with van der Waals surface area (Å²) in [7, 11) is 0. The standard InChI is InChI=1S/C56H36/c1-2-8-35(9-3-1)42-14-6-15-43(30-42)46-32-47(34-48(33-46)50-27-23-41-21-19-37-11-5-13-39-25-29-52(50)56(41)54(37)39)44-16-7-17-45(31-44)49-26-22-40-20-18-36-10-4-12-38-24-28-51(49)55(40)53(36)38/h1-34,40,55H/i4D,5D,10D,11D,12D,13D,18D,19D,20D,21D,22D,23D,24D,25D,26D,27D,28D,29D. The first kappa shape index (κ1) is 18.5. The van der Waals surface area contributed by atoms with Crippen molar-refractivity contribution in [3.63, 3.8) is 0 Å². The minimum absolute atomic E-state index is 0.00709. The SMILES string of the molecule is [2H]C1=C([2H])c2c([2H])c([2H])c([2H])c3c2C2C1=C(c1cccc(-c4cc(-c5cccc(-c6ccccc6)c5)cc(-c5c([2H])c([2H])c6c([2H])c([2H])c7c([2H])c([2H])c([2H])c8c([2H])c([2H])c5c6c78)c4)c1)C([2H])=C([2H])C2C([2H])=C3[2H]. The summed E-state index contributed by atoms with van der Waals surface area (Å²) < 4.78 is 164. The van der Waals surface area contributed by atoms with Crippen LogP contribution >= 0.6 is 0 Å². The van der Waals surface area contributed by atoms with Gasteiger partial charge < -0.3 is 0 Å². The molecule has 0 fully saturated rings. The molecule has 0 heterocycles. The van der Waals surface area contributed by atoms with Crippen LogP contribution in [0, 0.1) is 5.92 Å². The molecular weight excluding hydrogens is 673 g/mol.